The van der Waals surface area contributed by atoms with E-state index in [9.17, 15) is 0 Å². The summed E-state index contributed by atoms with van der Waals surface area (Å²) >= 11 is 0. The molecule has 0 heterocycles. The van der Waals surface area contributed by atoms with E-state index in [2.05, 4.69) is 48.6 Å². The Morgan fingerprint density at radius 1 is 1.35 bits per heavy atom. The van der Waals surface area contributed by atoms with Crippen LogP contribution in [-0.4, -0.2) is 17.1 Å². The van der Waals surface area contributed by atoms with Crippen molar-refractivity contribution in [1.82, 2.24) is 5.32 Å². The number of nitrogens with two attached hydrogens (primary N) is 1. The predicted octanol–water partition coefficient (Wildman–Crippen LogP) is 2.17. The minimum atomic E-state index is 0.169. The zero-order valence-corrected chi connectivity index (χ0v) is 10.6. The molecule has 4 heteroatoms. The summed E-state index contributed by atoms with van der Waals surface area (Å²) < 4.78 is 0. The first-order valence-electron chi connectivity index (χ1n) is 5.82. The molecule has 0 amide bonds. The van der Waals surface area contributed by atoms with Crippen molar-refractivity contribution in [3.8, 4) is 0 Å². The first-order chi connectivity index (χ1) is 8.02. The van der Waals surface area contributed by atoms with Gasteiger partial charge in [-0.15, -0.1) is 0 Å². The average molecular weight is 235 g/mol. The molecule has 0 saturated carbocycles. The van der Waals surface area contributed by atoms with E-state index in [-0.39, 0.29) is 17.9 Å². The van der Waals surface area contributed by atoms with E-state index in [4.69, 9.17) is 10.9 Å². The number of aryl methyl sites for hydroxylation is 1. The van der Waals surface area contributed by atoms with Crippen LogP contribution in [0.4, 0.5) is 0 Å². The first-order valence-corrected chi connectivity index (χ1v) is 5.82. The van der Waals surface area contributed by atoms with Gasteiger partial charge in [0.1, 0.15) is 5.84 Å². The highest BCUT2D eigenvalue weighted by Gasteiger charge is 2.10. The lowest BCUT2D eigenvalue weighted by molar-refractivity contribution is 0.315. The fourth-order valence-electron chi connectivity index (χ4n) is 1.79. The van der Waals surface area contributed by atoms with Gasteiger partial charge < -0.3 is 16.3 Å². The van der Waals surface area contributed by atoms with E-state index in [1.807, 2.05) is 6.92 Å². The molecule has 17 heavy (non-hydrogen) atoms. The molecule has 1 unspecified atom stereocenters. The molecule has 4 N–H and O–H groups in total. The fraction of sp³-hybridized carbons (Fsp3) is 0.462. The summed E-state index contributed by atoms with van der Waals surface area (Å²) in [7, 11) is 0. The van der Waals surface area contributed by atoms with Crippen LogP contribution < -0.4 is 11.1 Å². The number of nitrogens with one attached hydrogen (secondary N) is 1. The molecule has 94 valence electrons. The molecular weight excluding hydrogens is 214 g/mol. The summed E-state index contributed by atoms with van der Waals surface area (Å²) in [6, 6.07) is 8.84. The average Bonchev–Trinajstić information content (AvgIpc) is 2.29. The number of hydrogen-bond acceptors (Lipinski definition) is 3. The van der Waals surface area contributed by atoms with E-state index in [1.165, 1.54) is 11.1 Å². The Hall–Kier alpha value is -1.55. The van der Waals surface area contributed by atoms with Gasteiger partial charge in [-0.25, -0.2) is 0 Å². The van der Waals surface area contributed by atoms with Crippen molar-refractivity contribution in [2.45, 2.75) is 39.3 Å². The number of amidine groups is 1. The fourth-order valence-corrected chi connectivity index (χ4v) is 1.79. The van der Waals surface area contributed by atoms with Crippen LogP contribution >= 0.6 is 0 Å². The summed E-state index contributed by atoms with van der Waals surface area (Å²) in [5.74, 6) is 0.251. The van der Waals surface area contributed by atoms with Crippen molar-refractivity contribution in [2.75, 3.05) is 0 Å². The molecule has 1 aromatic carbocycles. The standard InChI is InChI=1S/C13H21N3O/c1-9-4-6-12(7-5-9)11(3)15-10(2)8-13(14)16-17/h4-7,10-11,15,17H,8H2,1-3H3,(H2,14,16)/t10?,11-/m0/s1. The van der Waals surface area contributed by atoms with Crippen molar-refractivity contribution >= 4 is 5.84 Å². The van der Waals surface area contributed by atoms with Crippen LogP contribution in [0.3, 0.4) is 0 Å². The largest absolute Gasteiger partial charge is 0.409 e. The lowest BCUT2D eigenvalue weighted by Gasteiger charge is -2.20. The molecule has 0 saturated heterocycles. The third-order valence-electron chi connectivity index (χ3n) is 2.76. The normalized spacial score (nSPS) is 15.6. The van der Waals surface area contributed by atoms with Crippen LogP contribution in [0, 0.1) is 6.92 Å². The van der Waals surface area contributed by atoms with E-state index in [1.54, 1.807) is 0 Å². The second-order valence-corrected chi connectivity index (χ2v) is 4.50. The van der Waals surface area contributed by atoms with Gasteiger partial charge in [0.25, 0.3) is 0 Å². The predicted molar refractivity (Wildman–Crippen MR) is 70.2 cm³/mol. The van der Waals surface area contributed by atoms with Gasteiger partial charge in [-0.2, -0.15) is 0 Å². The van der Waals surface area contributed by atoms with Crippen molar-refractivity contribution in [2.24, 2.45) is 10.9 Å². The second kappa shape index (κ2) is 6.25. The van der Waals surface area contributed by atoms with Crippen LogP contribution in [0.1, 0.15) is 37.4 Å². The molecule has 0 radical (unpaired) electrons. The summed E-state index contributed by atoms with van der Waals surface area (Å²) in [4.78, 5) is 0. The summed E-state index contributed by atoms with van der Waals surface area (Å²) in [5.41, 5.74) is 7.96. The highest BCUT2D eigenvalue weighted by atomic mass is 16.4. The van der Waals surface area contributed by atoms with Crippen LogP contribution in [0.15, 0.2) is 29.4 Å². The van der Waals surface area contributed by atoms with Crippen LogP contribution in [0.5, 0.6) is 0 Å². The number of hydrogen-bond donors (Lipinski definition) is 3. The van der Waals surface area contributed by atoms with Gasteiger partial charge in [-0.1, -0.05) is 35.0 Å². The monoisotopic (exact) mass is 235 g/mol. The molecule has 0 aliphatic rings. The van der Waals surface area contributed by atoms with Gasteiger partial charge in [0.2, 0.25) is 0 Å². The van der Waals surface area contributed by atoms with E-state index in [0.29, 0.717) is 6.42 Å². The molecule has 0 spiro atoms. The van der Waals surface area contributed by atoms with Gasteiger partial charge in [-0.05, 0) is 26.3 Å². The first kappa shape index (κ1) is 13.5. The van der Waals surface area contributed by atoms with E-state index < -0.39 is 0 Å². The Balaban J connectivity index is 2.54. The number of rotatable bonds is 5. The second-order valence-electron chi connectivity index (χ2n) is 4.50. The molecule has 0 fully saturated rings. The van der Waals surface area contributed by atoms with Crippen molar-refractivity contribution in [3.63, 3.8) is 0 Å². The molecular formula is C13H21N3O. The molecule has 1 rings (SSSR count). The van der Waals surface area contributed by atoms with Gasteiger partial charge >= 0.3 is 0 Å². The third kappa shape index (κ3) is 4.44. The van der Waals surface area contributed by atoms with Crippen molar-refractivity contribution in [1.29, 1.82) is 0 Å². The van der Waals surface area contributed by atoms with E-state index in [0.717, 1.165) is 0 Å². The molecule has 1 aromatic rings. The zero-order chi connectivity index (χ0) is 12.8. The Bertz CT molecular complexity index is 373. The Morgan fingerprint density at radius 3 is 2.47 bits per heavy atom. The number of oxime groups is 1. The van der Waals surface area contributed by atoms with Crippen molar-refractivity contribution < 1.29 is 5.21 Å². The zero-order valence-electron chi connectivity index (χ0n) is 10.6. The van der Waals surface area contributed by atoms with Crippen LogP contribution in [0.25, 0.3) is 0 Å². The molecule has 0 aliphatic heterocycles. The van der Waals surface area contributed by atoms with Crippen molar-refractivity contribution in [3.05, 3.63) is 35.4 Å². The summed E-state index contributed by atoms with van der Waals surface area (Å²) in [6.45, 7) is 6.19. The number of benzene rings is 1. The Morgan fingerprint density at radius 2 is 1.94 bits per heavy atom. The number of nitrogens with zero attached hydrogens (tertiary/aromatic N) is 1. The highest BCUT2D eigenvalue weighted by Crippen LogP contribution is 2.14. The molecule has 0 aliphatic carbocycles. The third-order valence-corrected chi connectivity index (χ3v) is 2.76. The minimum Gasteiger partial charge on any atom is -0.409 e. The topological polar surface area (TPSA) is 70.6 Å². The minimum absolute atomic E-state index is 0.169. The molecule has 2 atom stereocenters. The van der Waals surface area contributed by atoms with Gasteiger partial charge in [0.15, 0.2) is 0 Å². The smallest absolute Gasteiger partial charge is 0.140 e. The molecule has 0 bridgehead atoms. The highest BCUT2D eigenvalue weighted by molar-refractivity contribution is 5.80. The van der Waals surface area contributed by atoms with E-state index >= 15 is 0 Å². The quantitative estimate of drug-likeness (QED) is 0.317. The van der Waals surface area contributed by atoms with Crippen LogP contribution in [0.2, 0.25) is 0 Å². The molecule has 4 nitrogen and oxygen atoms in total. The van der Waals surface area contributed by atoms with Gasteiger partial charge in [0, 0.05) is 18.5 Å². The van der Waals surface area contributed by atoms with Gasteiger partial charge in [0.05, 0.1) is 0 Å². The lowest BCUT2D eigenvalue weighted by Crippen LogP contribution is -2.33. The molecule has 0 aromatic heterocycles. The SMILES string of the molecule is Cc1ccc([C@H](C)NC(C)C/C(N)=N/O)cc1. The summed E-state index contributed by atoms with van der Waals surface area (Å²) in [5, 5.41) is 14.9. The maximum atomic E-state index is 8.50. The lowest BCUT2D eigenvalue weighted by atomic mass is 10.1. The maximum absolute atomic E-state index is 8.50. The van der Waals surface area contributed by atoms with Gasteiger partial charge in [-0.3, -0.25) is 0 Å². The maximum Gasteiger partial charge on any atom is 0.140 e. The Labute approximate surface area is 103 Å². The summed E-state index contributed by atoms with van der Waals surface area (Å²) in [6.07, 6.45) is 0.534. The van der Waals surface area contributed by atoms with Crippen LogP contribution in [-0.2, 0) is 0 Å². The Kier molecular flexibility index (Phi) is 4.97.